The molecule has 5 heteroatoms. The summed E-state index contributed by atoms with van der Waals surface area (Å²) in [6, 6.07) is 5.97. The summed E-state index contributed by atoms with van der Waals surface area (Å²) in [5.41, 5.74) is 0.675. The summed E-state index contributed by atoms with van der Waals surface area (Å²) < 4.78 is 12.9. The smallest absolute Gasteiger partial charge is 0.227 e. The van der Waals surface area contributed by atoms with E-state index in [9.17, 15) is 9.18 Å². The van der Waals surface area contributed by atoms with E-state index in [1.54, 1.807) is 12.1 Å². The molecule has 0 saturated carbocycles. The van der Waals surface area contributed by atoms with Gasteiger partial charge < -0.3 is 15.1 Å². The highest BCUT2D eigenvalue weighted by molar-refractivity contribution is 5.92. The van der Waals surface area contributed by atoms with Crippen LogP contribution in [0.5, 0.6) is 0 Å². The van der Waals surface area contributed by atoms with Gasteiger partial charge in [0.2, 0.25) is 5.91 Å². The number of anilines is 1. The van der Waals surface area contributed by atoms with Crippen LogP contribution in [-0.2, 0) is 4.79 Å². The molecule has 0 radical (unpaired) electrons. The van der Waals surface area contributed by atoms with Crippen molar-refractivity contribution in [2.75, 3.05) is 44.6 Å². The molecule has 0 atom stereocenters. The Balaban J connectivity index is 1.38. The second kappa shape index (κ2) is 8.58. The maximum Gasteiger partial charge on any atom is 0.227 e. The van der Waals surface area contributed by atoms with Crippen LogP contribution < -0.4 is 5.32 Å². The molecule has 4 nitrogen and oxygen atoms in total. The first kappa shape index (κ1) is 17.4. The largest absolute Gasteiger partial charge is 0.326 e. The van der Waals surface area contributed by atoms with E-state index < -0.39 is 0 Å². The van der Waals surface area contributed by atoms with E-state index in [2.05, 4.69) is 15.1 Å². The lowest BCUT2D eigenvalue weighted by molar-refractivity contribution is -0.121. The Bertz CT molecular complexity index is 520. The van der Waals surface area contributed by atoms with E-state index in [-0.39, 0.29) is 17.6 Å². The molecule has 2 heterocycles. The first-order chi connectivity index (χ1) is 11.7. The first-order valence-electron chi connectivity index (χ1n) is 9.22. The average Bonchev–Trinajstić information content (AvgIpc) is 2.63. The zero-order chi connectivity index (χ0) is 16.8. The summed E-state index contributed by atoms with van der Waals surface area (Å²) in [5, 5.41) is 2.91. The Kier molecular flexibility index (Phi) is 6.21. The third kappa shape index (κ3) is 5.02. The zero-order valence-corrected chi connectivity index (χ0v) is 14.3. The number of nitrogens with zero attached hydrogens (tertiary/aromatic N) is 2. The fourth-order valence-electron chi connectivity index (χ4n) is 3.66. The third-order valence-electron chi connectivity index (χ3n) is 5.25. The third-order valence-corrected chi connectivity index (χ3v) is 5.25. The van der Waals surface area contributed by atoms with Crippen LogP contribution in [0.4, 0.5) is 10.1 Å². The molecular weight excluding hydrogens is 305 g/mol. The van der Waals surface area contributed by atoms with Gasteiger partial charge in [0.05, 0.1) is 0 Å². The molecule has 0 aromatic heterocycles. The molecule has 2 aliphatic rings. The second-order valence-electron chi connectivity index (χ2n) is 7.01. The Labute approximate surface area is 144 Å². The van der Waals surface area contributed by atoms with E-state index in [0.29, 0.717) is 5.69 Å². The molecule has 2 saturated heterocycles. The molecular formula is C19H28FN3O. The van der Waals surface area contributed by atoms with Crippen LogP contribution in [0.15, 0.2) is 24.3 Å². The standard InChI is InChI=1S/C19H28FN3O/c20-17-4-6-18(7-5-17)21-19(24)16-8-12-23(13-9-16)15-14-22-10-2-1-3-11-22/h4-7,16H,1-3,8-15H2,(H,21,24). The Morgan fingerprint density at radius 3 is 2.17 bits per heavy atom. The molecule has 2 aliphatic heterocycles. The van der Waals surface area contributed by atoms with Crippen molar-refractivity contribution >= 4 is 11.6 Å². The summed E-state index contributed by atoms with van der Waals surface area (Å²) >= 11 is 0. The van der Waals surface area contributed by atoms with Gasteiger partial charge in [0.25, 0.3) is 0 Å². The van der Waals surface area contributed by atoms with Crippen molar-refractivity contribution in [2.45, 2.75) is 32.1 Å². The number of carbonyl (C=O) groups excluding carboxylic acids is 1. The van der Waals surface area contributed by atoms with Crippen LogP contribution in [0.25, 0.3) is 0 Å². The Hall–Kier alpha value is -1.46. The van der Waals surface area contributed by atoms with E-state index in [0.717, 1.165) is 39.0 Å². The van der Waals surface area contributed by atoms with Gasteiger partial charge in [0, 0.05) is 24.7 Å². The maximum atomic E-state index is 12.9. The fraction of sp³-hybridized carbons (Fsp3) is 0.632. The summed E-state index contributed by atoms with van der Waals surface area (Å²) in [4.78, 5) is 17.4. The number of hydrogen-bond acceptors (Lipinski definition) is 3. The van der Waals surface area contributed by atoms with Gasteiger partial charge in [-0.25, -0.2) is 4.39 Å². The molecule has 0 aliphatic carbocycles. The summed E-state index contributed by atoms with van der Waals surface area (Å²) in [5.74, 6) is -0.145. The summed E-state index contributed by atoms with van der Waals surface area (Å²) in [6.07, 6.45) is 5.88. The highest BCUT2D eigenvalue weighted by Gasteiger charge is 2.25. The number of hydrogen-bond donors (Lipinski definition) is 1. The van der Waals surface area contributed by atoms with Crippen molar-refractivity contribution < 1.29 is 9.18 Å². The van der Waals surface area contributed by atoms with Crippen molar-refractivity contribution in [3.05, 3.63) is 30.1 Å². The van der Waals surface area contributed by atoms with Gasteiger partial charge in [-0.15, -0.1) is 0 Å². The van der Waals surface area contributed by atoms with E-state index in [1.165, 1.54) is 44.5 Å². The van der Waals surface area contributed by atoms with E-state index >= 15 is 0 Å². The lowest BCUT2D eigenvalue weighted by atomic mass is 9.95. The molecule has 132 valence electrons. The maximum absolute atomic E-state index is 12.9. The quantitative estimate of drug-likeness (QED) is 0.900. The van der Waals surface area contributed by atoms with Crippen LogP contribution in [0.3, 0.4) is 0 Å². The van der Waals surface area contributed by atoms with Crippen molar-refractivity contribution in [2.24, 2.45) is 5.92 Å². The number of rotatable bonds is 5. The van der Waals surface area contributed by atoms with Crippen molar-refractivity contribution in [3.8, 4) is 0 Å². The van der Waals surface area contributed by atoms with Crippen LogP contribution in [0, 0.1) is 11.7 Å². The number of likely N-dealkylation sites (tertiary alicyclic amines) is 2. The molecule has 0 unspecified atom stereocenters. The van der Waals surface area contributed by atoms with Gasteiger partial charge in [-0.05, 0) is 76.1 Å². The molecule has 24 heavy (non-hydrogen) atoms. The van der Waals surface area contributed by atoms with Crippen molar-refractivity contribution in [1.82, 2.24) is 9.80 Å². The number of halogens is 1. The highest BCUT2D eigenvalue weighted by Crippen LogP contribution is 2.20. The SMILES string of the molecule is O=C(Nc1ccc(F)cc1)C1CCN(CCN2CCCCC2)CC1. The van der Waals surface area contributed by atoms with Gasteiger partial charge in [-0.1, -0.05) is 6.42 Å². The number of amides is 1. The van der Waals surface area contributed by atoms with Crippen molar-refractivity contribution in [3.63, 3.8) is 0 Å². The topological polar surface area (TPSA) is 35.6 Å². The lowest BCUT2D eigenvalue weighted by Gasteiger charge is -2.34. The predicted molar refractivity (Wildman–Crippen MR) is 94.5 cm³/mol. The van der Waals surface area contributed by atoms with Gasteiger partial charge in [-0.2, -0.15) is 0 Å². The number of piperidine rings is 2. The molecule has 2 fully saturated rings. The minimum Gasteiger partial charge on any atom is -0.326 e. The molecule has 3 rings (SSSR count). The molecule has 1 N–H and O–H groups in total. The van der Waals surface area contributed by atoms with E-state index in [4.69, 9.17) is 0 Å². The average molecular weight is 333 g/mol. The molecule has 1 aromatic carbocycles. The highest BCUT2D eigenvalue weighted by atomic mass is 19.1. The molecule has 1 aromatic rings. The fourth-order valence-corrected chi connectivity index (χ4v) is 3.66. The Morgan fingerprint density at radius 2 is 1.54 bits per heavy atom. The molecule has 1 amide bonds. The monoisotopic (exact) mass is 333 g/mol. The minimum absolute atomic E-state index is 0.0669. The van der Waals surface area contributed by atoms with Gasteiger partial charge in [0.1, 0.15) is 5.82 Å². The summed E-state index contributed by atoms with van der Waals surface area (Å²) in [7, 11) is 0. The van der Waals surface area contributed by atoms with Crippen molar-refractivity contribution in [1.29, 1.82) is 0 Å². The predicted octanol–water partition coefficient (Wildman–Crippen LogP) is 2.96. The normalized spacial score (nSPS) is 20.9. The second-order valence-corrected chi connectivity index (χ2v) is 7.01. The number of benzene rings is 1. The van der Waals surface area contributed by atoms with Crippen LogP contribution in [-0.4, -0.2) is 55.0 Å². The van der Waals surface area contributed by atoms with E-state index in [1.807, 2.05) is 0 Å². The van der Waals surface area contributed by atoms with Crippen LogP contribution in [0.2, 0.25) is 0 Å². The van der Waals surface area contributed by atoms with Gasteiger partial charge >= 0.3 is 0 Å². The number of nitrogens with one attached hydrogen (secondary N) is 1. The molecule has 0 bridgehead atoms. The number of carbonyl (C=O) groups is 1. The van der Waals surface area contributed by atoms with Gasteiger partial charge in [0.15, 0.2) is 0 Å². The van der Waals surface area contributed by atoms with Crippen LogP contribution in [0.1, 0.15) is 32.1 Å². The summed E-state index contributed by atoms with van der Waals surface area (Å²) in [6.45, 7) is 6.76. The van der Waals surface area contributed by atoms with Crippen LogP contribution >= 0.6 is 0 Å². The Morgan fingerprint density at radius 1 is 0.958 bits per heavy atom. The minimum atomic E-state index is -0.282. The first-order valence-corrected chi connectivity index (χ1v) is 9.22. The zero-order valence-electron chi connectivity index (χ0n) is 14.3. The van der Waals surface area contributed by atoms with Gasteiger partial charge in [-0.3, -0.25) is 4.79 Å². The molecule has 0 spiro atoms. The lowest BCUT2D eigenvalue weighted by Crippen LogP contribution is -2.42.